The van der Waals surface area contributed by atoms with Crippen molar-refractivity contribution in [2.45, 2.75) is 12.3 Å². The number of rotatable bonds is 9. The summed E-state index contributed by atoms with van der Waals surface area (Å²) >= 11 is 0. The molecule has 2 N–H and O–H groups in total. The minimum atomic E-state index is -0.605. The highest BCUT2D eigenvalue weighted by atomic mass is 19.1. The molecule has 0 aliphatic heterocycles. The Bertz CT molecular complexity index is 1330. The number of nitrogens with zero attached hydrogens (tertiary/aromatic N) is 4. The molecule has 2 aromatic carbocycles. The molecule has 7 nitrogen and oxygen atoms in total. The maximum atomic E-state index is 13.9. The summed E-state index contributed by atoms with van der Waals surface area (Å²) in [7, 11) is 1.84. The molecule has 176 valence electrons. The Morgan fingerprint density at radius 2 is 1.94 bits per heavy atom. The van der Waals surface area contributed by atoms with Gasteiger partial charge in [0.2, 0.25) is 5.91 Å². The molecule has 0 aliphatic rings. The Hall–Kier alpha value is -4.35. The van der Waals surface area contributed by atoms with Crippen LogP contribution >= 0.6 is 0 Å². The standard InChI is InChI=1S/C27H25FN6O/c1-34-18-23(16-32-34)22-9-10-26(31-15-22)33-27(35)25(21-3-2-4-24(28)13-21)17-30-12-11-19-5-7-20(14-29)8-6-19/h2-10,13,15-16,18,25,30H,11-12,17H2,1H3,(H,31,33,35). The van der Waals surface area contributed by atoms with Crippen molar-refractivity contribution in [1.82, 2.24) is 20.1 Å². The molecule has 0 spiro atoms. The Balaban J connectivity index is 1.40. The molecule has 2 heterocycles. The zero-order valence-electron chi connectivity index (χ0n) is 19.3. The predicted molar refractivity (Wildman–Crippen MR) is 132 cm³/mol. The SMILES string of the molecule is Cn1cc(-c2ccc(NC(=O)C(CNCCc3ccc(C#N)cc3)c3cccc(F)c3)nc2)cn1. The van der Waals surface area contributed by atoms with Crippen LogP contribution in [0.1, 0.15) is 22.6 Å². The fourth-order valence-corrected chi connectivity index (χ4v) is 3.73. The van der Waals surface area contributed by atoms with Crippen LogP contribution in [0.2, 0.25) is 0 Å². The topological polar surface area (TPSA) is 95.6 Å². The molecule has 1 amide bonds. The molecule has 8 heteroatoms. The van der Waals surface area contributed by atoms with Crippen molar-refractivity contribution < 1.29 is 9.18 Å². The van der Waals surface area contributed by atoms with Gasteiger partial charge in [0.25, 0.3) is 0 Å². The van der Waals surface area contributed by atoms with Gasteiger partial charge >= 0.3 is 0 Å². The molecule has 1 atom stereocenters. The maximum absolute atomic E-state index is 13.9. The Morgan fingerprint density at radius 3 is 2.60 bits per heavy atom. The van der Waals surface area contributed by atoms with Crippen molar-refractivity contribution in [3.63, 3.8) is 0 Å². The van der Waals surface area contributed by atoms with Gasteiger partial charge in [0, 0.05) is 37.1 Å². The number of aryl methyl sites for hydroxylation is 1. The van der Waals surface area contributed by atoms with Crippen molar-refractivity contribution in [3.05, 3.63) is 102 Å². The van der Waals surface area contributed by atoms with Crippen LogP contribution in [0.3, 0.4) is 0 Å². The van der Waals surface area contributed by atoms with Crippen molar-refractivity contribution in [3.8, 4) is 17.2 Å². The minimum absolute atomic E-state index is 0.275. The van der Waals surface area contributed by atoms with Crippen LogP contribution in [0.5, 0.6) is 0 Å². The van der Waals surface area contributed by atoms with E-state index in [1.54, 1.807) is 47.4 Å². The van der Waals surface area contributed by atoms with E-state index in [1.807, 2.05) is 31.4 Å². The lowest BCUT2D eigenvalue weighted by atomic mass is 9.97. The van der Waals surface area contributed by atoms with Gasteiger partial charge in [-0.3, -0.25) is 9.48 Å². The number of amides is 1. The van der Waals surface area contributed by atoms with Crippen LogP contribution in [-0.4, -0.2) is 33.8 Å². The number of carbonyl (C=O) groups is 1. The molecular formula is C27H25FN6O. The van der Waals surface area contributed by atoms with Gasteiger partial charge in [-0.05, 0) is 60.5 Å². The van der Waals surface area contributed by atoms with Gasteiger partial charge in [-0.2, -0.15) is 10.4 Å². The Morgan fingerprint density at radius 1 is 1.11 bits per heavy atom. The highest BCUT2D eigenvalue weighted by molar-refractivity contribution is 5.95. The second-order valence-corrected chi connectivity index (χ2v) is 8.19. The van der Waals surface area contributed by atoms with Gasteiger partial charge in [0.15, 0.2) is 0 Å². The molecule has 1 unspecified atom stereocenters. The van der Waals surface area contributed by atoms with Crippen LogP contribution < -0.4 is 10.6 Å². The number of anilines is 1. The second-order valence-electron chi connectivity index (χ2n) is 8.19. The summed E-state index contributed by atoms with van der Waals surface area (Å²) in [5.41, 5.74) is 4.11. The number of hydrogen-bond donors (Lipinski definition) is 2. The normalized spacial score (nSPS) is 11.6. The molecule has 0 bridgehead atoms. The van der Waals surface area contributed by atoms with Gasteiger partial charge < -0.3 is 10.6 Å². The van der Waals surface area contributed by atoms with E-state index in [0.717, 1.165) is 23.1 Å². The van der Waals surface area contributed by atoms with E-state index in [2.05, 4.69) is 26.8 Å². The number of hydrogen-bond acceptors (Lipinski definition) is 5. The first-order valence-corrected chi connectivity index (χ1v) is 11.2. The van der Waals surface area contributed by atoms with E-state index < -0.39 is 11.7 Å². The van der Waals surface area contributed by atoms with Gasteiger partial charge in [-0.1, -0.05) is 24.3 Å². The van der Waals surface area contributed by atoms with E-state index in [1.165, 1.54) is 12.1 Å². The largest absolute Gasteiger partial charge is 0.315 e. The van der Waals surface area contributed by atoms with E-state index in [9.17, 15) is 9.18 Å². The molecule has 0 saturated carbocycles. The summed E-state index contributed by atoms with van der Waals surface area (Å²) in [4.78, 5) is 17.5. The molecule has 35 heavy (non-hydrogen) atoms. The fourth-order valence-electron chi connectivity index (χ4n) is 3.73. The smallest absolute Gasteiger partial charge is 0.234 e. The summed E-state index contributed by atoms with van der Waals surface area (Å²) in [5.74, 6) is -0.854. The molecular weight excluding hydrogens is 443 g/mol. The maximum Gasteiger partial charge on any atom is 0.234 e. The summed E-state index contributed by atoms with van der Waals surface area (Å²) in [6, 6.07) is 19.2. The lowest BCUT2D eigenvalue weighted by molar-refractivity contribution is -0.117. The van der Waals surface area contributed by atoms with Crippen LogP contribution in [0.4, 0.5) is 10.2 Å². The van der Waals surface area contributed by atoms with Gasteiger partial charge in [0.1, 0.15) is 11.6 Å². The van der Waals surface area contributed by atoms with Gasteiger partial charge in [-0.15, -0.1) is 0 Å². The minimum Gasteiger partial charge on any atom is -0.315 e. The Kier molecular flexibility index (Phi) is 7.60. The van der Waals surface area contributed by atoms with Crippen molar-refractivity contribution in [1.29, 1.82) is 5.26 Å². The molecule has 0 radical (unpaired) electrons. The molecule has 4 aromatic rings. The van der Waals surface area contributed by atoms with Crippen molar-refractivity contribution >= 4 is 11.7 Å². The summed E-state index contributed by atoms with van der Waals surface area (Å²) in [6.45, 7) is 0.961. The van der Waals surface area contributed by atoms with E-state index in [0.29, 0.717) is 30.0 Å². The third kappa shape index (κ3) is 6.37. The van der Waals surface area contributed by atoms with Crippen LogP contribution in [-0.2, 0) is 18.3 Å². The van der Waals surface area contributed by atoms with Crippen LogP contribution in [0.15, 0.2) is 79.3 Å². The second kappa shape index (κ2) is 11.2. The summed E-state index contributed by atoms with van der Waals surface area (Å²) in [5, 5.41) is 19.2. The summed E-state index contributed by atoms with van der Waals surface area (Å²) < 4.78 is 15.6. The monoisotopic (exact) mass is 468 g/mol. The fraction of sp³-hybridized carbons (Fsp3) is 0.185. The third-order valence-corrected chi connectivity index (χ3v) is 5.64. The van der Waals surface area contributed by atoms with E-state index in [4.69, 9.17) is 5.26 Å². The average Bonchev–Trinajstić information content (AvgIpc) is 3.31. The van der Waals surface area contributed by atoms with E-state index >= 15 is 0 Å². The first-order chi connectivity index (χ1) is 17.0. The highest BCUT2D eigenvalue weighted by Gasteiger charge is 2.21. The summed E-state index contributed by atoms with van der Waals surface area (Å²) in [6.07, 6.45) is 6.05. The average molecular weight is 469 g/mol. The van der Waals surface area contributed by atoms with Crippen molar-refractivity contribution in [2.75, 3.05) is 18.4 Å². The van der Waals surface area contributed by atoms with Crippen LogP contribution in [0, 0.1) is 17.1 Å². The number of benzene rings is 2. The van der Waals surface area contributed by atoms with Crippen LogP contribution in [0.25, 0.3) is 11.1 Å². The van der Waals surface area contributed by atoms with Gasteiger partial charge in [0.05, 0.1) is 23.7 Å². The number of nitrogens with one attached hydrogen (secondary N) is 2. The first kappa shape index (κ1) is 23.8. The molecule has 0 fully saturated rings. The lowest BCUT2D eigenvalue weighted by Gasteiger charge is -2.18. The number of aromatic nitrogens is 3. The number of halogens is 1. The Labute approximate surface area is 203 Å². The zero-order valence-corrected chi connectivity index (χ0v) is 19.3. The number of pyridine rings is 1. The highest BCUT2D eigenvalue weighted by Crippen LogP contribution is 2.21. The van der Waals surface area contributed by atoms with Gasteiger partial charge in [-0.25, -0.2) is 9.37 Å². The zero-order chi connectivity index (χ0) is 24.6. The predicted octanol–water partition coefficient (Wildman–Crippen LogP) is 4.05. The first-order valence-electron chi connectivity index (χ1n) is 11.2. The van der Waals surface area contributed by atoms with Crippen molar-refractivity contribution in [2.24, 2.45) is 7.05 Å². The molecule has 0 aliphatic carbocycles. The third-order valence-electron chi connectivity index (χ3n) is 5.64. The number of carbonyl (C=O) groups excluding carboxylic acids is 1. The molecule has 4 rings (SSSR count). The lowest BCUT2D eigenvalue weighted by Crippen LogP contribution is -2.32. The molecule has 0 saturated heterocycles. The number of nitriles is 1. The van der Waals surface area contributed by atoms with E-state index in [-0.39, 0.29) is 5.91 Å². The quantitative estimate of drug-likeness (QED) is 0.362. The molecule has 2 aromatic heterocycles.